The molecule has 0 bridgehead atoms. The number of rotatable bonds is 2. The van der Waals surface area contributed by atoms with Crippen LogP contribution >= 0.6 is 0 Å². The van der Waals surface area contributed by atoms with E-state index >= 15 is 0 Å². The van der Waals surface area contributed by atoms with Gasteiger partial charge in [0.1, 0.15) is 6.04 Å². The van der Waals surface area contributed by atoms with Crippen molar-refractivity contribution in [2.24, 2.45) is 0 Å². The second-order valence-electron chi connectivity index (χ2n) is 7.92. The summed E-state index contributed by atoms with van der Waals surface area (Å²) in [7, 11) is 2.07. The first-order chi connectivity index (χ1) is 13.0. The molecular weight excluding hydrogens is 344 g/mol. The summed E-state index contributed by atoms with van der Waals surface area (Å²) in [5.41, 5.74) is 2.14. The standard InChI is InChI=1S/C20H28N4O3/c1-13-10-15-6-4-5-7-16(15)24(13)19(25)14(2)21-20(26)23-11-17-18(12-23)27-9-8-22(17)3/h4-7,13-14,17-18H,8-12H2,1-3H3,(H,21,26)/t13?,14?,17-,18+/m1/s1. The molecule has 3 aliphatic rings. The SMILES string of the molecule is CC(NC(=O)N1C[C@@H]2OCCN(C)[C@@H]2C1)C(=O)N1c2ccccc2CC1C. The number of nitrogens with zero attached hydrogens (tertiary/aromatic N) is 3. The first-order valence-electron chi connectivity index (χ1n) is 9.74. The van der Waals surface area contributed by atoms with Crippen LogP contribution in [0.5, 0.6) is 0 Å². The number of carbonyl (C=O) groups excluding carboxylic acids is 2. The molecule has 1 aromatic carbocycles. The van der Waals surface area contributed by atoms with Gasteiger partial charge in [-0.1, -0.05) is 18.2 Å². The zero-order chi connectivity index (χ0) is 19.1. The molecule has 0 spiro atoms. The van der Waals surface area contributed by atoms with E-state index in [1.807, 2.05) is 30.0 Å². The third-order valence-electron chi connectivity index (χ3n) is 6.02. The van der Waals surface area contributed by atoms with Crippen molar-refractivity contribution in [3.8, 4) is 0 Å². The number of anilines is 1. The minimum absolute atomic E-state index is 0.0611. The predicted molar refractivity (Wildman–Crippen MR) is 103 cm³/mol. The summed E-state index contributed by atoms with van der Waals surface area (Å²) in [6.07, 6.45) is 0.910. The van der Waals surface area contributed by atoms with Gasteiger partial charge in [-0.15, -0.1) is 0 Å². The lowest BCUT2D eigenvalue weighted by Gasteiger charge is -2.33. The largest absolute Gasteiger partial charge is 0.373 e. The zero-order valence-corrected chi connectivity index (χ0v) is 16.2. The summed E-state index contributed by atoms with van der Waals surface area (Å²) in [5, 5.41) is 2.90. The molecule has 0 radical (unpaired) electrons. The Hall–Kier alpha value is -2.12. The van der Waals surface area contributed by atoms with E-state index in [2.05, 4.69) is 23.3 Å². The average Bonchev–Trinajstić information content (AvgIpc) is 3.22. The lowest BCUT2D eigenvalue weighted by atomic mass is 10.1. The fourth-order valence-electron chi connectivity index (χ4n) is 4.47. The maximum atomic E-state index is 13.0. The van der Waals surface area contributed by atoms with Gasteiger partial charge in [-0.25, -0.2) is 4.79 Å². The Morgan fingerprint density at radius 3 is 2.81 bits per heavy atom. The lowest BCUT2D eigenvalue weighted by Crippen LogP contribution is -2.52. The van der Waals surface area contributed by atoms with E-state index in [-0.39, 0.29) is 30.1 Å². The molecular formula is C20H28N4O3. The van der Waals surface area contributed by atoms with Crippen molar-refractivity contribution in [3.05, 3.63) is 29.8 Å². The molecule has 0 aliphatic carbocycles. The molecule has 146 valence electrons. The van der Waals surface area contributed by atoms with E-state index in [1.165, 1.54) is 5.56 Å². The number of benzene rings is 1. The molecule has 3 amide bonds. The Labute approximate surface area is 160 Å². The molecule has 1 aromatic rings. The first kappa shape index (κ1) is 18.3. The van der Waals surface area contributed by atoms with E-state index in [1.54, 1.807) is 11.8 Å². The fourth-order valence-corrected chi connectivity index (χ4v) is 4.47. The molecule has 2 fully saturated rings. The molecule has 4 atom stereocenters. The van der Waals surface area contributed by atoms with E-state index in [0.717, 1.165) is 18.7 Å². The van der Waals surface area contributed by atoms with Crippen LogP contribution in [0.2, 0.25) is 0 Å². The smallest absolute Gasteiger partial charge is 0.318 e. The monoisotopic (exact) mass is 372 g/mol. The van der Waals surface area contributed by atoms with Crippen LogP contribution in [0.15, 0.2) is 24.3 Å². The first-order valence-corrected chi connectivity index (χ1v) is 9.74. The van der Waals surface area contributed by atoms with Gasteiger partial charge in [-0.05, 0) is 38.9 Å². The molecule has 1 N–H and O–H groups in total. The summed E-state index contributed by atoms with van der Waals surface area (Å²) >= 11 is 0. The highest BCUT2D eigenvalue weighted by Gasteiger charge is 2.41. The number of nitrogens with one attached hydrogen (secondary N) is 1. The Balaban J connectivity index is 1.40. The van der Waals surface area contributed by atoms with Crippen LogP contribution in [-0.4, -0.2) is 79.3 Å². The summed E-state index contributed by atoms with van der Waals surface area (Å²) in [4.78, 5) is 31.6. The molecule has 0 saturated carbocycles. The van der Waals surface area contributed by atoms with Gasteiger partial charge >= 0.3 is 6.03 Å². The van der Waals surface area contributed by atoms with Crippen LogP contribution in [0, 0.1) is 0 Å². The fraction of sp³-hybridized carbons (Fsp3) is 0.600. The van der Waals surface area contributed by atoms with Crippen LogP contribution in [-0.2, 0) is 16.0 Å². The maximum Gasteiger partial charge on any atom is 0.318 e. The highest BCUT2D eigenvalue weighted by molar-refractivity contribution is 6.00. The molecule has 3 heterocycles. The van der Waals surface area contributed by atoms with Crippen molar-refractivity contribution >= 4 is 17.6 Å². The number of urea groups is 1. The maximum absolute atomic E-state index is 13.0. The third kappa shape index (κ3) is 3.30. The summed E-state index contributed by atoms with van der Waals surface area (Å²) in [5.74, 6) is -0.0641. The topological polar surface area (TPSA) is 65.1 Å². The zero-order valence-electron chi connectivity index (χ0n) is 16.2. The van der Waals surface area contributed by atoms with Crippen molar-refractivity contribution in [2.75, 3.05) is 38.2 Å². The molecule has 7 nitrogen and oxygen atoms in total. The highest BCUT2D eigenvalue weighted by Crippen LogP contribution is 2.32. The van der Waals surface area contributed by atoms with Crippen molar-refractivity contribution < 1.29 is 14.3 Å². The van der Waals surface area contributed by atoms with E-state index in [0.29, 0.717) is 19.7 Å². The Morgan fingerprint density at radius 2 is 2.04 bits per heavy atom. The minimum Gasteiger partial charge on any atom is -0.373 e. The second-order valence-corrected chi connectivity index (χ2v) is 7.92. The number of morpholine rings is 1. The number of fused-ring (bicyclic) bond motifs is 2. The van der Waals surface area contributed by atoms with E-state index in [4.69, 9.17) is 4.74 Å². The number of ether oxygens (including phenoxy) is 1. The van der Waals surface area contributed by atoms with Crippen LogP contribution in [0.3, 0.4) is 0 Å². The number of para-hydroxylation sites is 1. The number of hydrogen-bond donors (Lipinski definition) is 1. The van der Waals surface area contributed by atoms with Gasteiger partial charge in [-0.2, -0.15) is 0 Å². The molecule has 2 unspecified atom stereocenters. The van der Waals surface area contributed by atoms with Gasteiger partial charge in [0.25, 0.3) is 0 Å². The molecule has 4 rings (SSSR count). The molecule has 7 heteroatoms. The van der Waals surface area contributed by atoms with Crippen molar-refractivity contribution in [2.45, 2.75) is 44.5 Å². The van der Waals surface area contributed by atoms with Gasteiger partial charge in [0, 0.05) is 24.8 Å². The third-order valence-corrected chi connectivity index (χ3v) is 6.02. The number of hydrogen-bond acceptors (Lipinski definition) is 4. The second kappa shape index (κ2) is 7.13. The van der Waals surface area contributed by atoms with Gasteiger partial charge in [0.05, 0.1) is 25.3 Å². The van der Waals surface area contributed by atoms with Crippen molar-refractivity contribution in [3.63, 3.8) is 0 Å². The number of likely N-dealkylation sites (N-methyl/N-ethyl adjacent to an activating group) is 1. The molecule has 2 saturated heterocycles. The van der Waals surface area contributed by atoms with Gasteiger partial charge in [-0.3, -0.25) is 9.69 Å². The van der Waals surface area contributed by atoms with Gasteiger partial charge in [0.2, 0.25) is 5.91 Å². The van der Waals surface area contributed by atoms with Crippen molar-refractivity contribution in [1.82, 2.24) is 15.1 Å². The average molecular weight is 372 g/mol. The number of carbonyl (C=O) groups is 2. The van der Waals surface area contributed by atoms with E-state index in [9.17, 15) is 9.59 Å². The van der Waals surface area contributed by atoms with Crippen LogP contribution < -0.4 is 10.2 Å². The number of amides is 3. The van der Waals surface area contributed by atoms with Crippen LogP contribution in [0.4, 0.5) is 10.5 Å². The molecule has 27 heavy (non-hydrogen) atoms. The predicted octanol–water partition coefficient (Wildman–Crippen LogP) is 1.08. The summed E-state index contributed by atoms with van der Waals surface area (Å²) in [6, 6.07) is 7.55. The van der Waals surface area contributed by atoms with Gasteiger partial charge < -0.3 is 19.9 Å². The highest BCUT2D eigenvalue weighted by atomic mass is 16.5. The summed E-state index contributed by atoms with van der Waals surface area (Å²) < 4.78 is 5.80. The Kier molecular flexibility index (Phi) is 4.82. The van der Waals surface area contributed by atoms with E-state index < -0.39 is 6.04 Å². The number of likely N-dealkylation sites (tertiary alicyclic amines) is 1. The normalized spacial score (nSPS) is 28.6. The minimum atomic E-state index is -0.576. The van der Waals surface area contributed by atoms with Gasteiger partial charge in [0.15, 0.2) is 0 Å². The Bertz CT molecular complexity index is 740. The lowest BCUT2D eigenvalue weighted by molar-refractivity contribution is -0.120. The molecule has 3 aliphatic heterocycles. The van der Waals surface area contributed by atoms with Crippen LogP contribution in [0.25, 0.3) is 0 Å². The van der Waals surface area contributed by atoms with Crippen molar-refractivity contribution in [1.29, 1.82) is 0 Å². The molecule has 0 aromatic heterocycles. The van der Waals surface area contributed by atoms with Crippen LogP contribution in [0.1, 0.15) is 19.4 Å². The Morgan fingerprint density at radius 1 is 1.26 bits per heavy atom. The quantitative estimate of drug-likeness (QED) is 0.844. The summed E-state index contributed by atoms with van der Waals surface area (Å²) in [6.45, 7) is 6.61.